The molecule has 3 heteroatoms. The predicted molar refractivity (Wildman–Crippen MR) is 31.7 cm³/mol. The highest BCUT2D eigenvalue weighted by Gasteiger charge is 1.70. The quantitative estimate of drug-likeness (QED) is 0.534. The van der Waals surface area contributed by atoms with E-state index in [1.165, 1.54) is 0 Å². The zero-order chi connectivity index (χ0) is 3.54. The summed E-state index contributed by atoms with van der Waals surface area (Å²) >= 11 is 0.0756. The third kappa shape index (κ3) is 0.678. The molecule has 0 bridgehead atoms. The van der Waals surface area contributed by atoms with Crippen molar-refractivity contribution in [2.24, 2.45) is 3.21 Å². The number of rotatable bonds is 0. The fourth-order valence-electron chi connectivity index (χ4n) is 0.141. The van der Waals surface area contributed by atoms with E-state index in [0.29, 0.717) is 0 Å². The lowest BCUT2D eigenvalue weighted by atomic mass is 11.2. The molecule has 0 aromatic rings. The minimum absolute atomic E-state index is 0.0756. The van der Waals surface area contributed by atoms with Crippen LogP contribution in [0.3, 0.4) is 0 Å². The van der Waals surface area contributed by atoms with Gasteiger partial charge in [-0.3, -0.25) is 0 Å². The highest BCUT2D eigenvalue weighted by Crippen LogP contribution is 1.94. The van der Waals surface area contributed by atoms with Crippen molar-refractivity contribution < 1.29 is 0 Å². The fourth-order valence-corrected chi connectivity index (χ4v) is 0.945. The van der Waals surface area contributed by atoms with Crippen LogP contribution in [0.4, 0.5) is 0 Å². The summed E-state index contributed by atoms with van der Waals surface area (Å²) in [4.78, 5) is 0. The first-order valence-electron chi connectivity index (χ1n) is 1.22. The standard InChI is InChI=1S/C2H3IN2/c1-3-5-2-4-1/h1-2H,(H,4,5). The molecule has 0 saturated heterocycles. The molecular formula is C2H3IN2. The maximum absolute atomic E-state index is 3.90. The Kier molecular flexibility index (Phi) is 0.975. The number of hydrogen-bond acceptors (Lipinski definition) is 2. The molecule has 1 aliphatic heterocycles. The van der Waals surface area contributed by atoms with Crippen LogP contribution in [0.2, 0.25) is 0 Å². The van der Waals surface area contributed by atoms with Gasteiger partial charge in [0.1, 0.15) is 0 Å². The SMILES string of the molecule is C1=NI=CN1. The first-order chi connectivity index (χ1) is 2.50. The summed E-state index contributed by atoms with van der Waals surface area (Å²) in [5.74, 6) is 0. The van der Waals surface area contributed by atoms with Gasteiger partial charge in [0.15, 0.2) is 0 Å². The van der Waals surface area contributed by atoms with Crippen LogP contribution < -0.4 is 5.32 Å². The summed E-state index contributed by atoms with van der Waals surface area (Å²) in [5, 5.41) is 2.85. The van der Waals surface area contributed by atoms with Crippen LogP contribution in [-0.4, -0.2) is 10.5 Å². The normalized spacial score (nSPS) is 17.6. The van der Waals surface area contributed by atoms with Crippen LogP contribution >= 0.6 is 21.0 Å². The van der Waals surface area contributed by atoms with Gasteiger partial charge >= 0.3 is 0 Å². The number of nitrogens with zero attached hydrogens (tertiary/aromatic N) is 1. The smallest absolute Gasteiger partial charge is 0.0985 e. The molecule has 1 aliphatic rings. The maximum atomic E-state index is 3.90. The second kappa shape index (κ2) is 1.49. The Hall–Kier alpha value is 0.0700. The Morgan fingerprint density at radius 3 is 3.00 bits per heavy atom. The summed E-state index contributed by atoms with van der Waals surface area (Å²) < 4.78 is 5.90. The third-order valence-corrected chi connectivity index (χ3v) is 1.53. The summed E-state index contributed by atoms with van der Waals surface area (Å²) in [6, 6.07) is 0. The topological polar surface area (TPSA) is 24.4 Å². The second-order valence-electron chi connectivity index (χ2n) is 0.600. The molecule has 1 rings (SSSR count). The van der Waals surface area contributed by atoms with E-state index in [1.54, 1.807) is 6.34 Å². The van der Waals surface area contributed by atoms with E-state index in [-0.39, 0.29) is 21.0 Å². The molecular weight excluding hydrogens is 179 g/mol. The molecule has 2 nitrogen and oxygen atoms in total. The van der Waals surface area contributed by atoms with Crippen LogP contribution in [0.25, 0.3) is 0 Å². The Morgan fingerprint density at radius 1 is 1.80 bits per heavy atom. The predicted octanol–water partition coefficient (Wildman–Crippen LogP) is 0.263. The molecule has 0 amide bonds. The average Bonchev–Trinajstić information content (AvgIpc) is 1.76. The second-order valence-corrected chi connectivity index (χ2v) is 2.34. The third-order valence-electron chi connectivity index (χ3n) is 0.291. The maximum Gasteiger partial charge on any atom is 0.0985 e. The molecule has 0 aromatic carbocycles. The molecule has 0 aromatic heterocycles. The van der Waals surface area contributed by atoms with E-state index in [0.717, 1.165) is 0 Å². The lowest BCUT2D eigenvalue weighted by Crippen LogP contribution is -1.99. The summed E-state index contributed by atoms with van der Waals surface area (Å²) in [5.41, 5.74) is 0. The van der Waals surface area contributed by atoms with Gasteiger partial charge < -0.3 is 5.32 Å². The molecule has 0 aliphatic carbocycles. The van der Waals surface area contributed by atoms with Gasteiger partial charge in [-0.15, -0.1) is 0 Å². The van der Waals surface area contributed by atoms with Crippen LogP contribution in [0.5, 0.6) is 0 Å². The van der Waals surface area contributed by atoms with E-state index >= 15 is 0 Å². The van der Waals surface area contributed by atoms with Gasteiger partial charge in [-0.05, 0) is 0 Å². The largest absolute Gasteiger partial charge is 0.346 e. The molecule has 1 N–H and O–H groups in total. The highest BCUT2D eigenvalue weighted by atomic mass is 127. The Bertz CT molecular complexity index is 65.7. The minimum Gasteiger partial charge on any atom is -0.346 e. The van der Waals surface area contributed by atoms with Gasteiger partial charge in [-0.2, -0.15) is 0 Å². The van der Waals surface area contributed by atoms with Crippen LogP contribution in [0.15, 0.2) is 3.21 Å². The van der Waals surface area contributed by atoms with Crippen molar-refractivity contribution in [2.45, 2.75) is 0 Å². The van der Waals surface area contributed by atoms with Crippen molar-refractivity contribution in [1.82, 2.24) is 5.32 Å². The van der Waals surface area contributed by atoms with E-state index in [1.807, 2.05) is 4.14 Å². The molecule has 28 valence electrons. The van der Waals surface area contributed by atoms with Gasteiger partial charge in [0.25, 0.3) is 0 Å². The van der Waals surface area contributed by atoms with Crippen LogP contribution in [0.1, 0.15) is 0 Å². The van der Waals surface area contributed by atoms with Gasteiger partial charge in [-0.25, -0.2) is 3.21 Å². The van der Waals surface area contributed by atoms with Crippen molar-refractivity contribution in [3.63, 3.8) is 0 Å². The van der Waals surface area contributed by atoms with Gasteiger partial charge in [0.2, 0.25) is 0 Å². The van der Waals surface area contributed by atoms with E-state index in [9.17, 15) is 0 Å². The lowest BCUT2D eigenvalue weighted by molar-refractivity contribution is 1.54. The molecule has 5 heavy (non-hydrogen) atoms. The van der Waals surface area contributed by atoms with E-state index in [2.05, 4.69) is 8.52 Å². The summed E-state index contributed by atoms with van der Waals surface area (Å²) in [6.07, 6.45) is 1.73. The highest BCUT2D eigenvalue weighted by molar-refractivity contribution is 14.2. The average molecular weight is 182 g/mol. The van der Waals surface area contributed by atoms with Gasteiger partial charge in [-0.1, -0.05) is 0 Å². The summed E-state index contributed by atoms with van der Waals surface area (Å²) in [6.45, 7) is 0. The minimum atomic E-state index is 0.0756. The first kappa shape index (κ1) is 3.27. The van der Waals surface area contributed by atoms with Crippen molar-refractivity contribution >= 4 is 31.5 Å². The number of hydrogen-bond donors (Lipinski definition) is 1. The number of nitrogens with one attached hydrogen (secondary N) is 1. The first-order valence-corrected chi connectivity index (χ1v) is 3.43. The molecule has 0 fully saturated rings. The Balaban J connectivity index is 2.61. The van der Waals surface area contributed by atoms with Crippen molar-refractivity contribution in [2.75, 3.05) is 0 Å². The molecule has 0 saturated carbocycles. The van der Waals surface area contributed by atoms with Crippen LogP contribution in [0, 0.1) is 0 Å². The van der Waals surface area contributed by atoms with Crippen LogP contribution in [-0.2, 0) is 0 Å². The van der Waals surface area contributed by atoms with Crippen molar-refractivity contribution in [1.29, 1.82) is 0 Å². The molecule has 1 heterocycles. The molecule has 0 unspecified atom stereocenters. The van der Waals surface area contributed by atoms with Crippen molar-refractivity contribution in [3.8, 4) is 0 Å². The molecule has 0 radical (unpaired) electrons. The molecule has 0 spiro atoms. The van der Waals surface area contributed by atoms with Crippen molar-refractivity contribution in [3.05, 3.63) is 0 Å². The lowest BCUT2D eigenvalue weighted by Gasteiger charge is -1.65. The zero-order valence-corrected chi connectivity index (χ0v) is 4.64. The fraction of sp³-hybridized carbons (Fsp3) is 0. The Labute approximate surface area is 40.4 Å². The van der Waals surface area contributed by atoms with E-state index < -0.39 is 0 Å². The monoisotopic (exact) mass is 182 g/mol. The Morgan fingerprint density at radius 2 is 2.80 bits per heavy atom. The van der Waals surface area contributed by atoms with Gasteiger partial charge in [0, 0.05) is 21.0 Å². The summed E-state index contributed by atoms with van der Waals surface area (Å²) in [7, 11) is 0. The van der Waals surface area contributed by atoms with Gasteiger partial charge in [0.05, 0.1) is 10.5 Å². The van der Waals surface area contributed by atoms with E-state index in [4.69, 9.17) is 0 Å². The number of halogens is 1. The molecule has 0 atom stereocenters. The zero-order valence-electron chi connectivity index (χ0n) is 2.48.